The zero-order valence-corrected chi connectivity index (χ0v) is 11.6. The number of carboxylic acid groups (broad SMARTS) is 1. The highest BCUT2D eigenvalue weighted by Crippen LogP contribution is 2.32. The molecule has 0 radical (unpaired) electrons. The van der Waals surface area contributed by atoms with E-state index in [0.29, 0.717) is 12.1 Å². The topological polar surface area (TPSA) is 40.5 Å². The van der Waals surface area contributed by atoms with Gasteiger partial charge in [-0.25, -0.2) is 0 Å². The third-order valence-electron chi connectivity index (χ3n) is 4.87. The maximum absolute atomic E-state index is 11.5. The Labute approximate surface area is 111 Å². The number of carbonyl (C=O) groups is 1. The van der Waals surface area contributed by atoms with Crippen LogP contribution in [0, 0.1) is 5.92 Å². The maximum Gasteiger partial charge on any atom is 0.308 e. The van der Waals surface area contributed by atoms with E-state index in [9.17, 15) is 9.90 Å². The van der Waals surface area contributed by atoms with Gasteiger partial charge < -0.3 is 5.11 Å². The van der Waals surface area contributed by atoms with E-state index in [2.05, 4.69) is 11.8 Å². The summed E-state index contributed by atoms with van der Waals surface area (Å²) in [6.07, 6.45) is 10.5. The number of aliphatic carboxylic acids is 1. The summed E-state index contributed by atoms with van der Waals surface area (Å²) in [5, 5.41) is 9.50. The highest BCUT2D eigenvalue weighted by molar-refractivity contribution is 5.71. The van der Waals surface area contributed by atoms with Gasteiger partial charge in [0, 0.05) is 12.1 Å². The number of likely N-dealkylation sites (tertiary alicyclic amines) is 1. The van der Waals surface area contributed by atoms with Crippen molar-refractivity contribution in [3.05, 3.63) is 0 Å². The minimum atomic E-state index is -0.567. The fourth-order valence-corrected chi connectivity index (χ4v) is 3.87. The van der Waals surface area contributed by atoms with Crippen molar-refractivity contribution in [2.75, 3.05) is 6.54 Å². The fourth-order valence-electron chi connectivity index (χ4n) is 3.87. The predicted octanol–water partition coefficient (Wildman–Crippen LogP) is 3.28. The Hall–Kier alpha value is -0.570. The summed E-state index contributed by atoms with van der Waals surface area (Å²) in [4.78, 5) is 14.1. The van der Waals surface area contributed by atoms with Crippen molar-refractivity contribution in [2.24, 2.45) is 5.92 Å². The lowest BCUT2D eigenvalue weighted by Gasteiger charge is -2.42. The van der Waals surface area contributed by atoms with Crippen LogP contribution in [0.5, 0.6) is 0 Å². The van der Waals surface area contributed by atoms with Crippen molar-refractivity contribution >= 4 is 5.97 Å². The average Bonchev–Trinajstić information content (AvgIpc) is 2.64. The number of hydrogen-bond acceptors (Lipinski definition) is 2. The lowest BCUT2D eigenvalue weighted by atomic mass is 9.89. The lowest BCUT2D eigenvalue weighted by molar-refractivity contribution is -0.145. The molecule has 1 aliphatic carbocycles. The van der Waals surface area contributed by atoms with Gasteiger partial charge in [0.2, 0.25) is 0 Å². The molecule has 3 nitrogen and oxygen atoms in total. The molecule has 3 heteroatoms. The summed E-state index contributed by atoms with van der Waals surface area (Å²) in [6, 6.07) is 0.930. The maximum atomic E-state index is 11.5. The highest BCUT2D eigenvalue weighted by Gasteiger charge is 2.36. The van der Waals surface area contributed by atoms with E-state index in [-0.39, 0.29) is 5.92 Å². The average molecular weight is 253 g/mol. The number of carboxylic acids is 1. The van der Waals surface area contributed by atoms with Crippen LogP contribution in [0.25, 0.3) is 0 Å². The number of piperidine rings is 1. The second kappa shape index (κ2) is 6.55. The van der Waals surface area contributed by atoms with Gasteiger partial charge in [-0.15, -0.1) is 0 Å². The van der Waals surface area contributed by atoms with E-state index < -0.39 is 5.97 Å². The Morgan fingerprint density at radius 3 is 2.56 bits per heavy atom. The van der Waals surface area contributed by atoms with Crippen LogP contribution >= 0.6 is 0 Å². The molecule has 104 valence electrons. The van der Waals surface area contributed by atoms with Crippen LogP contribution in [0.2, 0.25) is 0 Å². The summed E-state index contributed by atoms with van der Waals surface area (Å²) in [6.45, 7) is 3.36. The first kappa shape index (κ1) is 13.9. The van der Waals surface area contributed by atoms with E-state index in [1.54, 1.807) is 0 Å². The molecule has 2 rings (SSSR count). The molecule has 18 heavy (non-hydrogen) atoms. The molecule has 1 saturated heterocycles. The van der Waals surface area contributed by atoms with Gasteiger partial charge in [-0.05, 0) is 38.6 Å². The quantitative estimate of drug-likeness (QED) is 0.785. The molecule has 0 amide bonds. The molecule has 0 bridgehead atoms. The van der Waals surface area contributed by atoms with Gasteiger partial charge in [0.05, 0.1) is 5.92 Å². The minimum Gasteiger partial charge on any atom is -0.481 e. The first-order chi connectivity index (χ1) is 8.74. The molecular formula is C15H27NO2. The van der Waals surface area contributed by atoms with Gasteiger partial charge in [0.15, 0.2) is 0 Å². The van der Waals surface area contributed by atoms with Crippen LogP contribution in [-0.2, 0) is 4.79 Å². The first-order valence-electron chi connectivity index (χ1n) is 7.72. The van der Waals surface area contributed by atoms with Crippen LogP contribution in [-0.4, -0.2) is 34.6 Å². The van der Waals surface area contributed by atoms with E-state index in [4.69, 9.17) is 0 Å². The molecular weight excluding hydrogens is 226 g/mol. The molecule has 1 saturated carbocycles. The van der Waals surface area contributed by atoms with Crippen LogP contribution in [0.15, 0.2) is 0 Å². The number of hydrogen-bond donors (Lipinski definition) is 1. The Bertz CT molecular complexity index is 280. The van der Waals surface area contributed by atoms with E-state index in [1.807, 2.05) is 0 Å². The van der Waals surface area contributed by atoms with Crippen molar-refractivity contribution < 1.29 is 9.90 Å². The van der Waals surface area contributed by atoms with Crippen molar-refractivity contribution in [1.29, 1.82) is 0 Å². The molecule has 2 fully saturated rings. The summed E-state index contributed by atoms with van der Waals surface area (Å²) in [5.74, 6) is -0.693. The van der Waals surface area contributed by atoms with Gasteiger partial charge in [0.1, 0.15) is 0 Å². The van der Waals surface area contributed by atoms with Gasteiger partial charge >= 0.3 is 5.97 Å². The zero-order chi connectivity index (χ0) is 13.0. The highest BCUT2D eigenvalue weighted by atomic mass is 16.4. The number of nitrogens with zero attached hydrogens (tertiary/aromatic N) is 1. The van der Waals surface area contributed by atoms with Crippen molar-refractivity contribution in [3.8, 4) is 0 Å². The lowest BCUT2D eigenvalue weighted by Crippen LogP contribution is -2.50. The molecule has 3 unspecified atom stereocenters. The molecule has 0 aromatic rings. The van der Waals surface area contributed by atoms with Gasteiger partial charge in [-0.2, -0.15) is 0 Å². The molecule has 2 aliphatic rings. The monoisotopic (exact) mass is 253 g/mol. The summed E-state index contributed by atoms with van der Waals surface area (Å²) in [5.41, 5.74) is 0. The van der Waals surface area contributed by atoms with Crippen molar-refractivity contribution in [1.82, 2.24) is 4.90 Å². The Balaban J connectivity index is 2.12. The van der Waals surface area contributed by atoms with E-state index in [0.717, 1.165) is 25.8 Å². The van der Waals surface area contributed by atoms with E-state index >= 15 is 0 Å². The van der Waals surface area contributed by atoms with Crippen LogP contribution in [0.3, 0.4) is 0 Å². The third-order valence-corrected chi connectivity index (χ3v) is 4.87. The van der Waals surface area contributed by atoms with Gasteiger partial charge in [-0.1, -0.05) is 32.6 Å². The zero-order valence-electron chi connectivity index (χ0n) is 11.6. The second-order valence-electron chi connectivity index (χ2n) is 5.95. The van der Waals surface area contributed by atoms with E-state index in [1.165, 1.54) is 38.5 Å². The smallest absolute Gasteiger partial charge is 0.308 e. The number of rotatable bonds is 3. The van der Waals surface area contributed by atoms with Crippen LogP contribution < -0.4 is 0 Å². The molecule has 1 heterocycles. The summed E-state index contributed by atoms with van der Waals surface area (Å²) in [7, 11) is 0. The normalized spacial score (nSPS) is 35.1. The van der Waals surface area contributed by atoms with Gasteiger partial charge in [-0.3, -0.25) is 9.69 Å². The van der Waals surface area contributed by atoms with Crippen LogP contribution in [0.4, 0.5) is 0 Å². The van der Waals surface area contributed by atoms with Crippen molar-refractivity contribution in [3.63, 3.8) is 0 Å². The molecule has 3 atom stereocenters. The Kier molecular flexibility index (Phi) is 5.04. The largest absolute Gasteiger partial charge is 0.481 e. The Morgan fingerprint density at radius 1 is 1.11 bits per heavy atom. The predicted molar refractivity (Wildman–Crippen MR) is 72.6 cm³/mol. The summed E-state index contributed by atoms with van der Waals surface area (Å²) >= 11 is 0. The molecule has 0 spiro atoms. The molecule has 1 N–H and O–H groups in total. The molecule has 1 aliphatic heterocycles. The Morgan fingerprint density at radius 2 is 1.83 bits per heavy atom. The first-order valence-corrected chi connectivity index (χ1v) is 7.72. The minimum absolute atomic E-state index is 0.125. The van der Waals surface area contributed by atoms with Crippen LogP contribution in [0.1, 0.15) is 64.7 Å². The summed E-state index contributed by atoms with van der Waals surface area (Å²) < 4.78 is 0. The molecule has 0 aromatic carbocycles. The fraction of sp³-hybridized carbons (Fsp3) is 0.933. The van der Waals surface area contributed by atoms with Gasteiger partial charge in [0.25, 0.3) is 0 Å². The molecule has 0 aromatic heterocycles. The standard InChI is InChI=1S/C15H27NO2/c1-2-12-8-6-7-11-16(12)14-10-5-3-4-9-13(14)15(17)18/h12-14H,2-11H2,1H3,(H,17,18). The third kappa shape index (κ3) is 3.05. The van der Waals surface area contributed by atoms with Crippen molar-refractivity contribution in [2.45, 2.75) is 76.8 Å². The second-order valence-corrected chi connectivity index (χ2v) is 5.95. The SMILES string of the molecule is CCC1CCCCN1C1CCCCCC1C(=O)O.